The molecular weight excluding hydrogens is 288 g/mol. The second-order valence-corrected chi connectivity index (χ2v) is 7.09. The second kappa shape index (κ2) is 7.52. The minimum absolute atomic E-state index is 0.00947. The zero-order chi connectivity index (χ0) is 14.3. The van der Waals surface area contributed by atoms with Crippen LogP contribution in [0.3, 0.4) is 0 Å². The number of sulfone groups is 1. The van der Waals surface area contributed by atoms with Gasteiger partial charge in [0.25, 0.3) is 0 Å². The Morgan fingerprint density at radius 2 is 2.11 bits per heavy atom. The van der Waals surface area contributed by atoms with E-state index in [0.717, 1.165) is 5.75 Å². The molecule has 1 rings (SSSR count). The highest BCUT2D eigenvalue weighted by molar-refractivity contribution is 8.00. The van der Waals surface area contributed by atoms with Crippen molar-refractivity contribution in [3.8, 4) is 0 Å². The lowest BCUT2D eigenvalue weighted by molar-refractivity contribution is 0.0696. The molecule has 7 heteroatoms. The highest BCUT2D eigenvalue weighted by atomic mass is 32.2. The normalized spacial score (nSPS) is 11.4. The molecule has 19 heavy (non-hydrogen) atoms. The molecule has 0 aliphatic carbocycles. The minimum atomic E-state index is -3.43. The fourth-order valence-electron chi connectivity index (χ4n) is 1.35. The van der Waals surface area contributed by atoms with Crippen LogP contribution in [0.1, 0.15) is 10.4 Å². The number of hydrogen-bond acceptors (Lipinski definition) is 5. The molecule has 0 heterocycles. The summed E-state index contributed by atoms with van der Waals surface area (Å²) >= 11 is 1.49. The summed E-state index contributed by atoms with van der Waals surface area (Å²) in [5.74, 6) is 0.0563. The SMILES string of the molecule is COCCSCCS(=O)(=O)c1cccc(C(=O)O)c1. The first-order chi connectivity index (χ1) is 8.97. The summed E-state index contributed by atoms with van der Waals surface area (Å²) in [7, 11) is -1.84. The number of benzene rings is 1. The summed E-state index contributed by atoms with van der Waals surface area (Å²) in [5.41, 5.74) is -0.0203. The number of ether oxygens (including phenoxy) is 1. The van der Waals surface area contributed by atoms with E-state index in [0.29, 0.717) is 12.4 Å². The molecular formula is C12H16O5S2. The maximum atomic E-state index is 12.0. The standard InChI is InChI=1S/C12H16O5S2/c1-17-5-6-18-7-8-19(15,16)11-4-2-3-10(9-11)12(13)14/h2-4,9H,5-8H2,1H3,(H,13,14). The molecule has 0 fully saturated rings. The third kappa shape index (κ3) is 5.22. The Balaban J connectivity index is 2.66. The van der Waals surface area contributed by atoms with Crippen molar-refractivity contribution in [2.45, 2.75) is 4.90 Å². The number of methoxy groups -OCH3 is 1. The number of carboxylic acid groups (broad SMARTS) is 1. The molecule has 1 aromatic carbocycles. The van der Waals surface area contributed by atoms with Crippen molar-refractivity contribution in [2.24, 2.45) is 0 Å². The molecule has 0 aliphatic heterocycles. The topological polar surface area (TPSA) is 80.7 Å². The van der Waals surface area contributed by atoms with Gasteiger partial charge in [-0.1, -0.05) is 6.07 Å². The smallest absolute Gasteiger partial charge is 0.335 e. The average Bonchev–Trinajstić information content (AvgIpc) is 2.38. The van der Waals surface area contributed by atoms with E-state index in [-0.39, 0.29) is 16.2 Å². The van der Waals surface area contributed by atoms with Gasteiger partial charge in [0.15, 0.2) is 9.84 Å². The summed E-state index contributed by atoms with van der Waals surface area (Å²) in [6.07, 6.45) is 0. The Morgan fingerprint density at radius 3 is 2.74 bits per heavy atom. The molecule has 0 saturated carbocycles. The largest absolute Gasteiger partial charge is 0.478 e. The lowest BCUT2D eigenvalue weighted by Crippen LogP contribution is -2.10. The number of rotatable bonds is 8. The fraction of sp³-hybridized carbons (Fsp3) is 0.417. The Kier molecular flexibility index (Phi) is 6.33. The fourth-order valence-corrected chi connectivity index (χ4v) is 4.02. The second-order valence-electron chi connectivity index (χ2n) is 3.76. The lowest BCUT2D eigenvalue weighted by atomic mass is 10.2. The van der Waals surface area contributed by atoms with E-state index in [9.17, 15) is 13.2 Å². The Morgan fingerprint density at radius 1 is 1.37 bits per heavy atom. The molecule has 0 aromatic heterocycles. The predicted molar refractivity (Wildman–Crippen MR) is 74.7 cm³/mol. The van der Waals surface area contributed by atoms with Crippen LogP contribution in [0.2, 0.25) is 0 Å². The number of aromatic carboxylic acids is 1. The molecule has 0 aliphatic rings. The van der Waals surface area contributed by atoms with Crippen molar-refractivity contribution in [1.29, 1.82) is 0 Å². The van der Waals surface area contributed by atoms with Gasteiger partial charge in [0, 0.05) is 18.6 Å². The summed E-state index contributed by atoms with van der Waals surface area (Å²) < 4.78 is 28.9. The van der Waals surface area contributed by atoms with E-state index in [1.807, 2.05) is 0 Å². The van der Waals surface area contributed by atoms with Gasteiger partial charge in [-0.25, -0.2) is 13.2 Å². The van der Waals surface area contributed by atoms with E-state index in [1.165, 1.54) is 36.0 Å². The van der Waals surface area contributed by atoms with E-state index in [1.54, 1.807) is 7.11 Å². The van der Waals surface area contributed by atoms with Crippen molar-refractivity contribution in [2.75, 3.05) is 31.0 Å². The summed E-state index contributed by atoms with van der Waals surface area (Å²) in [5, 5.41) is 8.84. The van der Waals surface area contributed by atoms with Crippen LogP contribution in [-0.2, 0) is 14.6 Å². The molecule has 0 spiro atoms. The number of thioether (sulfide) groups is 1. The van der Waals surface area contributed by atoms with Gasteiger partial charge in [-0.15, -0.1) is 0 Å². The van der Waals surface area contributed by atoms with Crippen LogP contribution in [0, 0.1) is 0 Å². The molecule has 5 nitrogen and oxygen atoms in total. The first kappa shape index (κ1) is 16.0. The van der Waals surface area contributed by atoms with Crippen LogP contribution in [0.5, 0.6) is 0 Å². The van der Waals surface area contributed by atoms with Crippen molar-refractivity contribution in [3.63, 3.8) is 0 Å². The number of carboxylic acids is 1. The van der Waals surface area contributed by atoms with Gasteiger partial charge in [-0.2, -0.15) is 11.8 Å². The van der Waals surface area contributed by atoms with E-state index in [4.69, 9.17) is 9.84 Å². The third-order valence-electron chi connectivity index (χ3n) is 2.37. The molecule has 0 radical (unpaired) electrons. The van der Waals surface area contributed by atoms with Crippen molar-refractivity contribution in [3.05, 3.63) is 29.8 Å². The highest BCUT2D eigenvalue weighted by Crippen LogP contribution is 2.15. The predicted octanol–water partition coefficient (Wildman–Crippen LogP) is 1.54. The van der Waals surface area contributed by atoms with E-state index < -0.39 is 15.8 Å². The first-order valence-corrected chi connectivity index (χ1v) is 8.41. The van der Waals surface area contributed by atoms with Crippen molar-refractivity contribution >= 4 is 27.6 Å². The van der Waals surface area contributed by atoms with Gasteiger partial charge in [-0.3, -0.25) is 0 Å². The Hall–Kier alpha value is -1.05. The van der Waals surface area contributed by atoms with Crippen LogP contribution < -0.4 is 0 Å². The molecule has 0 bridgehead atoms. The van der Waals surface area contributed by atoms with Crippen LogP contribution >= 0.6 is 11.8 Å². The van der Waals surface area contributed by atoms with Gasteiger partial charge in [0.05, 0.1) is 22.8 Å². The third-order valence-corrected chi connectivity index (χ3v) is 5.29. The molecule has 0 saturated heterocycles. The Labute approximate surface area is 116 Å². The number of hydrogen-bond donors (Lipinski definition) is 1. The van der Waals surface area contributed by atoms with E-state index >= 15 is 0 Å². The summed E-state index contributed by atoms with van der Waals surface area (Å²) in [4.78, 5) is 10.9. The van der Waals surface area contributed by atoms with Crippen molar-refractivity contribution in [1.82, 2.24) is 0 Å². The molecule has 0 atom stereocenters. The molecule has 1 N–H and O–H groups in total. The monoisotopic (exact) mass is 304 g/mol. The maximum Gasteiger partial charge on any atom is 0.335 e. The Bertz CT molecular complexity index is 525. The summed E-state index contributed by atoms with van der Waals surface area (Å²) in [6.45, 7) is 0.583. The summed E-state index contributed by atoms with van der Waals surface area (Å²) in [6, 6.07) is 5.42. The van der Waals surface area contributed by atoms with Gasteiger partial charge in [0.2, 0.25) is 0 Å². The zero-order valence-corrected chi connectivity index (χ0v) is 12.2. The average molecular weight is 304 g/mol. The maximum absolute atomic E-state index is 12.0. The highest BCUT2D eigenvalue weighted by Gasteiger charge is 2.15. The van der Waals surface area contributed by atoms with Gasteiger partial charge in [0.1, 0.15) is 0 Å². The van der Waals surface area contributed by atoms with Crippen LogP contribution in [0.15, 0.2) is 29.2 Å². The lowest BCUT2D eigenvalue weighted by Gasteiger charge is -2.05. The quantitative estimate of drug-likeness (QED) is 0.734. The van der Waals surface area contributed by atoms with Gasteiger partial charge >= 0.3 is 5.97 Å². The van der Waals surface area contributed by atoms with Crippen molar-refractivity contribution < 1.29 is 23.1 Å². The molecule has 1 aromatic rings. The van der Waals surface area contributed by atoms with Crippen LogP contribution in [-0.4, -0.2) is 50.5 Å². The molecule has 0 amide bonds. The van der Waals surface area contributed by atoms with Gasteiger partial charge < -0.3 is 9.84 Å². The van der Waals surface area contributed by atoms with Crippen LogP contribution in [0.4, 0.5) is 0 Å². The first-order valence-electron chi connectivity index (χ1n) is 5.60. The zero-order valence-electron chi connectivity index (χ0n) is 10.5. The van der Waals surface area contributed by atoms with E-state index in [2.05, 4.69) is 0 Å². The van der Waals surface area contributed by atoms with Gasteiger partial charge in [-0.05, 0) is 18.2 Å². The number of carbonyl (C=O) groups is 1. The molecule has 0 unspecified atom stereocenters. The molecule has 106 valence electrons. The minimum Gasteiger partial charge on any atom is -0.478 e. The van der Waals surface area contributed by atoms with Crippen LogP contribution in [0.25, 0.3) is 0 Å².